The summed E-state index contributed by atoms with van der Waals surface area (Å²) in [7, 11) is 1.93. The molecule has 25 heavy (non-hydrogen) atoms. The van der Waals surface area contributed by atoms with Crippen LogP contribution in [0.5, 0.6) is 0 Å². The number of aromatic nitrogens is 3. The van der Waals surface area contributed by atoms with Crippen LogP contribution in [0.2, 0.25) is 0 Å². The lowest BCUT2D eigenvalue weighted by atomic mass is 9.95. The summed E-state index contributed by atoms with van der Waals surface area (Å²) in [6, 6.07) is 6.53. The van der Waals surface area contributed by atoms with Crippen LogP contribution in [0.4, 0.5) is 4.39 Å². The molecule has 1 aromatic heterocycles. The molecule has 2 fully saturated rings. The van der Waals surface area contributed by atoms with Gasteiger partial charge in [-0.2, -0.15) is 5.10 Å². The SMILES string of the molecule is Cn1c(C2CCN(C(=O)C3CC3c3ccc(F)cc3)CC2)n[nH]c1=S. The van der Waals surface area contributed by atoms with Crippen LogP contribution in [0.3, 0.4) is 0 Å². The van der Waals surface area contributed by atoms with E-state index in [1.54, 1.807) is 12.1 Å². The number of H-pyrrole nitrogens is 1. The van der Waals surface area contributed by atoms with Crippen molar-refractivity contribution in [1.82, 2.24) is 19.7 Å². The molecule has 1 aliphatic carbocycles. The van der Waals surface area contributed by atoms with Crippen LogP contribution >= 0.6 is 12.2 Å². The molecule has 1 N–H and O–H groups in total. The Bertz CT molecular complexity index is 836. The van der Waals surface area contributed by atoms with Crippen LogP contribution in [0.25, 0.3) is 0 Å². The number of amides is 1. The molecule has 1 saturated heterocycles. The van der Waals surface area contributed by atoms with Crippen molar-refractivity contribution in [2.75, 3.05) is 13.1 Å². The second-order valence-electron chi connectivity index (χ2n) is 7.05. The van der Waals surface area contributed by atoms with E-state index in [0.29, 0.717) is 10.7 Å². The van der Waals surface area contributed by atoms with E-state index in [1.807, 2.05) is 16.5 Å². The van der Waals surface area contributed by atoms with Gasteiger partial charge < -0.3 is 9.47 Å². The highest BCUT2D eigenvalue weighted by molar-refractivity contribution is 7.71. The minimum atomic E-state index is -0.233. The maximum Gasteiger partial charge on any atom is 0.226 e. The fraction of sp³-hybridized carbons (Fsp3) is 0.500. The summed E-state index contributed by atoms with van der Waals surface area (Å²) < 4.78 is 15.6. The molecule has 0 radical (unpaired) electrons. The molecule has 0 bridgehead atoms. The number of aromatic amines is 1. The topological polar surface area (TPSA) is 53.9 Å². The maximum absolute atomic E-state index is 13.0. The van der Waals surface area contributed by atoms with E-state index in [-0.39, 0.29) is 23.6 Å². The molecule has 2 aromatic rings. The van der Waals surface area contributed by atoms with Crippen molar-refractivity contribution < 1.29 is 9.18 Å². The van der Waals surface area contributed by atoms with Gasteiger partial charge in [-0.3, -0.25) is 9.89 Å². The highest BCUT2D eigenvalue weighted by atomic mass is 32.1. The van der Waals surface area contributed by atoms with Gasteiger partial charge in [-0.05, 0) is 55.1 Å². The number of hydrogen-bond acceptors (Lipinski definition) is 3. The highest BCUT2D eigenvalue weighted by Gasteiger charge is 2.46. The van der Waals surface area contributed by atoms with Gasteiger partial charge in [0.2, 0.25) is 5.91 Å². The third kappa shape index (κ3) is 3.13. The fourth-order valence-electron chi connectivity index (χ4n) is 3.86. The van der Waals surface area contributed by atoms with Gasteiger partial charge in [0.25, 0.3) is 0 Å². The van der Waals surface area contributed by atoms with E-state index in [1.165, 1.54) is 12.1 Å². The van der Waals surface area contributed by atoms with Crippen LogP contribution in [-0.4, -0.2) is 38.7 Å². The lowest BCUT2D eigenvalue weighted by molar-refractivity contribution is -0.133. The summed E-state index contributed by atoms with van der Waals surface area (Å²) >= 11 is 5.17. The molecule has 2 unspecified atom stereocenters. The standard InChI is InChI=1S/C18H21FN4OS/c1-22-16(20-21-18(22)25)12-6-8-23(9-7-12)17(24)15-10-14(15)11-2-4-13(19)5-3-11/h2-5,12,14-15H,6-10H2,1H3,(H,21,25). The zero-order valence-electron chi connectivity index (χ0n) is 14.1. The second-order valence-corrected chi connectivity index (χ2v) is 7.43. The molecule has 1 saturated carbocycles. The summed E-state index contributed by atoms with van der Waals surface area (Å²) in [6.07, 6.45) is 2.69. The van der Waals surface area contributed by atoms with Gasteiger partial charge in [-0.15, -0.1) is 0 Å². The van der Waals surface area contributed by atoms with Crippen LogP contribution in [0.15, 0.2) is 24.3 Å². The first-order valence-corrected chi connectivity index (χ1v) is 9.11. The predicted octanol–water partition coefficient (Wildman–Crippen LogP) is 3.13. The third-order valence-electron chi connectivity index (χ3n) is 5.49. The molecule has 2 heterocycles. The number of rotatable bonds is 3. The van der Waals surface area contributed by atoms with Gasteiger partial charge in [0, 0.05) is 32.0 Å². The van der Waals surface area contributed by atoms with Gasteiger partial charge in [-0.25, -0.2) is 4.39 Å². The van der Waals surface area contributed by atoms with Crippen molar-refractivity contribution in [1.29, 1.82) is 0 Å². The number of halogens is 1. The molecule has 1 aromatic carbocycles. The van der Waals surface area contributed by atoms with E-state index in [2.05, 4.69) is 10.2 Å². The molecular weight excluding hydrogens is 339 g/mol. The molecule has 132 valence electrons. The molecule has 7 heteroatoms. The Labute approximate surface area is 150 Å². The summed E-state index contributed by atoms with van der Waals surface area (Å²) in [4.78, 5) is 14.7. The van der Waals surface area contributed by atoms with Crippen molar-refractivity contribution in [2.45, 2.75) is 31.1 Å². The molecule has 5 nitrogen and oxygen atoms in total. The zero-order chi connectivity index (χ0) is 17.6. The van der Waals surface area contributed by atoms with Crippen LogP contribution < -0.4 is 0 Å². The van der Waals surface area contributed by atoms with Crippen LogP contribution in [0.1, 0.15) is 42.5 Å². The van der Waals surface area contributed by atoms with Crippen molar-refractivity contribution in [2.24, 2.45) is 13.0 Å². The third-order valence-corrected chi connectivity index (χ3v) is 5.86. The van der Waals surface area contributed by atoms with Gasteiger partial charge >= 0.3 is 0 Å². The van der Waals surface area contributed by atoms with E-state index >= 15 is 0 Å². The molecule has 2 aliphatic rings. The first-order valence-electron chi connectivity index (χ1n) is 8.70. The molecule has 1 amide bonds. The summed E-state index contributed by atoms with van der Waals surface area (Å²) in [5.74, 6) is 1.63. The highest BCUT2D eigenvalue weighted by Crippen LogP contribution is 2.48. The first kappa shape index (κ1) is 16.4. The van der Waals surface area contributed by atoms with Crippen LogP contribution in [0, 0.1) is 16.5 Å². The smallest absolute Gasteiger partial charge is 0.226 e. The van der Waals surface area contributed by atoms with Gasteiger partial charge in [0.05, 0.1) is 0 Å². The monoisotopic (exact) mass is 360 g/mol. The lowest BCUT2D eigenvalue weighted by Crippen LogP contribution is -2.39. The van der Waals surface area contributed by atoms with E-state index < -0.39 is 0 Å². The first-order chi connectivity index (χ1) is 12.0. The predicted molar refractivity (Wildman–Crippen MR) is 94.2 cm³/mol. The summed E-state index contributed by atoms with van der Waals surface area (Å²) in [5.41, 5.74) is 1.07. The van der Waals surface area contributed by atoms with Crippen LogP contribution in [-0.2, 0) is 11.8 Å². The quantitative estimate of drug-likeness (QED) is 0.856. The Morgan fingerprint density at radius 1 is 1.28 bits per heavy atom. The Balaban J connectivity index is 1.35. The maximum atomic E-state index is 13.0. The number of carbonyl (C=O) groups is 1. The molecule has 0 spiro atoms. The molecule has 4 rings (SSSR count). The van der Waals surface area contributed by atoms with Crippen molar-refractivity contribution in [3.63, 3.8) is 0 Å². The number of nitrogens with zero attached hydrogens (tertiary/aromatic N) is 3. The number of nitrogens with one attached hydrogen (secondary N) is 1. The van der Waals surface area contributed by atoms with E-state index in [0.717, 1.165) is 43.7 Å². The Kier molecular flexibility index (Phi) is 4.19. The van der Waals surface area contributed by atoms with E-state index in [9.17, 15) is 9.18 Å². The fourth-order valence-corrected chi connectivity index (χ4v) is 4.00. The molecular formula is C18H21FN4OS. The Morgan fingerprint density at radius 3 is 2.56 bits per heavy atom. The van der Waals surface area contributed by atoms with Gasteiger partial charge in [-0.1, -0.05) is 12.1 Å². The molecule has 2 atom stereocenters. The summed E-state index contributed by atoms with van der Waals surface area (Å²) in [5, 5.41) is 7.16. The summed E-state index contributed by atoms with van der Waals surface area (Å²) in [6.45, 7) is 1.52. The number of hydrogen-bond donors (Lipinski definition) is 1. The van der Waals surface area contributed by atoms with Crippen molar-refractivity contribution in [3.05, 3.63) is 46.2 Å². The number of benzene rings is 1. The second kappa shape index (κ2) is 6.37. The average Bonchev–Trinajstić information content (AvgIpc) is 3.36. The Morgan fingerprint density at radius 2 is 1.96 bits per heavy atom. The van der Waals surface area contributed by atoms with Gasteiger partial charge in [0.1, 0.15) is 11.6 Å². The van der Waals surface area contributed by atoms with Gasteiger partial charge in [0.15, 0.2) is 4.77 Å². The Hall–Kier alpha value is -2.02. The lowest BCUT2D eigenvalue weighted by Gasteiger charge is -2.31. The van der Waals surface area contributed by atoms with Crippen molar-refractivity contribution >= 4 is 18.1 Å². The molecule has 1 aliphatic heterocycles. The normalized spacial score (nSPS) is 23.7. The largest absolute Gasteiger partial charge is 0.342 e. The number of carbonyl (C=O) groups excluding carboxylic acids is 1. The number of piperidine rings is 1. The minimum Gasteiger partial charge on any atom is -0.342 e. The minimum absolute atomic E-state index is 0.0581. The van der Waals surface area contributed by atoms with Crippen molar-refractivity contribution in [3.8, 4) is 0 Å². The number of likely N-dealkylation sites (tertiary alicyclic amines) is 1. The average molecular weight is 360 g/mol. The zero-order valence-corrected chi connectivity index (χ0v) is 14.9. The van der Waals surface area contributed by atoms with E-state index in [4.69, 9.17) is 12.2 Å².